The number of aliphatic hydroxyl groups excluding tert-OH is 2. The van der Waals surface area contributed by atoms with E-state index in [0.29, 0.717) is 19.1 Å². The van der Waals surface area contributed by atoms with Crippen molar-refractivity contribution in [3.05, 3.63) is 0 Å². The van der Waals surface area contributed by atoms with Gasteiger partial charge in [0.05, 0.1) is 0 Å². The third-order valence-electron chi connectivity index (χ3n) is 3.86. The first-order valence-corrected chi connectivity index (χ1v) is 8.06. The van der Waals surface area contributed by atoms with Crippen LogP contribution in [-0.2, 0) is 0 Å². The van der Waals surface area contributed by atoms with E-state index in [1.54, 1.807) is 0 Å². The molecule has 0 aromatic heterocycles. The van der Waals surface area contributed by atoms with Gasteiger partial charge in [0.2, 0.25) is 0 Å². The summed E-state index contributed by atoms with van der Waals surface area (Å²) in [6.45, 7) is 2.88. The van der Waals surface area contributed by atoms with Crippen LogP contribution in [0.1, 0.15) is 84.0 Å². The van der Waals surface area contributed by atoms with E-state index < -0.39 is 0 Å². The summed E-state index contributed by atoms with van der Waals surface area (Å²) >= 11 is 0. The Balaban J connectivity index is 3.03. The van der Waals surface area contributed by atoms with Crippen LogP contribution in [0.2, 0.25) is 0 Å². The SMILES string of the molecule is CCC(CO)CCCCCCCCCCCCO. The summed E-state index contributed by atoms with van der Waals surface area (Å²) in [6.07, 6.45) is 15.2. The minimum Gasteiger partial charge on any atom is -0.396 e. The van der Waals surface area contributed by atoms with Gasteiger partial charge in [-0.15, -0.1) is 0 Å². The van der Waals surface area contributed by atoms with Crippen LogP contribution >= 0.6 is 0 Å². The van der Waals surface area contributed by atoms with Crippen molar-refractivity contribution in [1.29, 1.82) is 0 Å². The van der Waals surface area contributed by atoms with Crippen LogP contribution < -0.4 is 0 Å². The van der Waals surface area contributed by atoms with Crippen LogP contribution in [0, 0.1) is 5.92 Å². The number of rotatable bonds is 14. The molecule has 0 aliphatic carbocycles. The molecule has 0 aliphatic heterocycles. The molecule has 1 unspecified atom stereocenters. The number of hydrogen-bond acceptors (Lipinski definition) is 2. The summed E-state index contributed by atoms with van der Waals surface area (Å²) in [6, 6.07) is 0. The lowest BCUT2D eigenvalue weighted by Gasteiger charge is -2.10. The summed E-state index contributed by atoms with van der Waals surface area (Å²) in [5.74, 6) is 0.538. The van der Waals surface area contributed by atoms with E-state index in [-0.39, 0.29) is 0 Å². The Morgan fingerprint density at radius 1 is 0.667 bits per heavy atom. The molecular formula is C16H34O2. The molecule has 0 amide bonds. The molecule has 0 bridgehead atoms. The standard InChI is InChI=1S/C16H34O2/c1-2-16(15-18)13-11-9-7-5-3-4-6-8-10-12-14-17/h16-18H,2-15H2,1H3. The fourth-order valence-electron chi connectivity index (χ4n) is 2.38. The second-order valence-electron chi connectivity index (χ2n) is 5.50. The molecule has 0 fully saturated rings. The number of aliphatic hydroxyl groups is 2. The number of hydrogen-bond donors (Lipinski definition) is 2. The summed E-state index contributed by atoms with van der Waals surface area (Å²) in [5.41, 5.74) is 0. The van der Waals surface area contributed by atoms with E-state index in [2.05, 4.69) is 6.92 Å². The second kappa shape index (κ2) is 15.0. The summed E-state index contributed by atoms with van der Waals surface area (Å²) in [4.78, 5) is 0. The van der Waals surface area contributed by atoms with Crippen molar-refractivity contribution in [2.24, 2.45) is 5.92 Å². The molecule has 2 heteroatoms. The highest BCUT2D eigenvalue weighted by atomic mass is 16.3. The Hall–Kier alpha value is -0.0800. The van der Waals surface area contributed by atoms with E-state index in [4.69, 9.17) is 10.2 Å². The predicted octanol–water partition coefficient (Wildman–Crippen LogP) is 4.29. The Kier molecular flexibility index (Phi) is 14.9. The van der Waals surface area contributed by atoms with Crippen LogP contribution in [0.4, 0.5) is 0 Å². The molecule has 0 rings (SSSR count). The van der Waals surface area contributed by atoms with Gasteiger partial charge < -0.3 is 10.2 Å². The molecule has 0 radical (unpaired) electrons. The molecule has 0 aliphatic rings. The fraction of sp³-hybridized carbons (Fsp3) is 1.00. The van der Waals surface area contributed by atoms with Gasteiger partial charge in [0.1, 0.15) is 0 Å². The fourth-order valence-corrected chi connectivity index (χ4v) is 2.38. The monoisotopic (exact) mass is 258 g/mol. The van der Waals surface area contributed by atoms with Gasteiger partial charge in [0.15, 0.2) is 0 Å². The zero-order valence-corrected chi connectivity index (χ0v) is 12.4. The van der Waals surface area contributed by atoms with Crippen molar-refractivity contribution in [1.82, 2.24) is 0 Å². The van der Waals surface area contributed by atoms with Crippen molar-refractivity contribution in [3.63, 3.8) is 0 Å². The van der Waals surface area contributed by atoms with E-state index >= 15 is 0 Å². The first-order chi connectivity index (χ1) is 8.85. The maximum absolute atomic E-state index is 9.07. The van der Waals surface area contributed by atoms with E-state index in [0.717, 1.165) is 12.8 Å². The Bertz CT molecular complexity index is 144. The van der Waals surface area contributed by atoms with Crippen molar-refractivity contribution in [3.8, 4) is 0 Å². The first-order valence-electron chi connectivity index (χ1n) is 8.06. The van der Waals surface area contributed by atoms with Gasteiger partial charge in [-0.1, -0.05) is 71.1 Å². The first kappa shape index (κ1) is 17.9. The lowest BCUT2D eigenvalue weighted by atomic mass is 9.98. The smallest absolute Gasteiger partial charge is 0.0459 e. The van der Waals surface area contributed by atoms with Crippen LogP contribution in [0.3, 0.4) is 0 Å². The van der Waals surface area contributed by atoms with Gasteiger partial charge in [0, 0.05) is 13.2 Å². The minimum atomic E-state index is 0.354. The van der Waals surface area contributed by atoms with Gasteiger partial charge >= 0.3 is 0 Å². The molecule has 2 nitrogen and oxygen atoms in total. The molecule has 0 spiro atoms. The molecule has 0 saturated carbocycles. The average Bonchev–Trinajstić information content (AvgIpc) is 2.40. The highest BCUT2D eigenvalue weighted by molar-refractivity contribution is 4.55. The van der Waals surface area contributed by atoms with Crippen molar-refractivity contribution >= 4 is 0 Å². The zero-order chi connectivity index (χ0) is 13.5. The van der Waals surface area contributed by atoms with E-state index in [9.17, 15) is 0 Å². The second-order valence-corrected chi connectivity index (χ2v) is 5.50. The topological polar surface area (TPSA) is 40.5 Å². The van der Waals surface area contributed by atoms with E-state index in [1.165, 1.54) is 64.2 Å². The summed E-state index contributed by atoms with van der Waals surface area (Å²) < 4.78 is 0. The van der Waals surface area contributed by atoms with E-state index in [1.807, 2.05) is 0 Å². The average molecular weight is 258 g/mol. The molecule has 0 aromatic carbocycles. The minimum absolute atomic E-state index is 0.354. The van der Waals surface area contributed by atoms with Gasteiger partial charge in [-0.25, -0.2) is 0 Å². The largest absolute Gasteiger partial charge is 0.396 e. The third kappa shape index (κ3) is 12.4. The highest BCUT2D eigenvalue weighted by Gasteiger charge is 2.03. The quantitative estimate of drug-likeness (QED) is 0.456. The molecule has 0 aromatic rings. The van der Waals surface area contributed by atoms with Crippen LogP contribution in [0.25, 0.3) is 0 Å². The lowest BCUT2D eigenvalue weighted by Crippen LogP contribution is -2.03. The summed E-state index contributed by atoms with van der Waals surface area (Å²) in [7, 11) is 0. The maximum atomic E-state index is 9.07. The molecule has 2 N–H and O–H groups in total. The summed E-state index contributed by atoms with van der Waals surface area (Å²) in [5, 5.41) is 17.7. The van der Waals surface area contributed by atoms with Gasteiger partial charge in [-0.05, 0) is 18.8 Å². The molecule has 0 saturated heterocycles. The van der Waals surface area contributed by atoms with Gasteiger partial charge in [-0.3, -0.25) is 0 Å². The van der Waals surface area contributed by atoms with Crippen molar-refractivity contribution < 1.29 is 10.2 Å². The van der Waals surface area contributed by atoms with Gasteiger partial charge in [0.25, 0.3) is 0 Å². The van der Waals surface area contributed by atoms with Crippen LogP contribution in [-0.4, -0.2) is 23.4 Å². The van der Waals surface area contributed by atoms with Crippen molar-refractivity contribution in [2.75, 3.05) is 13.2 Å². The van der Waals surface area contributed by atoms with Gasteiger partial charge in [-0.2, -0.15) is 0 Å². The Morgan fingerprint density at radius 3 is 1.50 bits per heavy atom. The van der Waals surface area contributed by atoms with Crippen molar-refractivity contribution in [2.45, 2.75) is 84.0 Å². The maximum Gasteiger partial charge on any atom is 0.0459 e. The molecule has 0 heterocycles. The molecule has 110 valence electrons. The Morgan fingerprint density at radius 2 is 1.11 bits per heavy atom. The Labute approximate surface area is 114 Å². The molecular weight excluding hydrogens is 224 g/mol. The van der Waals surface area contributed by atoms with Crippen LogP contribution in [0.5, 0.6) is 0 Å². The zero-order valence-electron chi connectivity index (χ0n) is 12.4. The highest BCUT2D eigenvalue weighted by Crippen LogP contribution is 2.15. The number of unbranched alkanes of at least 4 members (excludes halogenated alkanes) is 9. The molecule has 1 atom stereocenters. The normalized spacial score (nSPS) is 12.8. The lowest BCUT2D eigenvalue weighted by molar-refractivity contribution is 0.211. The van der Waals surface area contributed by atoms with Crippen LogP contribution in [0.15, 0.2) is 0 Å². The molecule has 18 heavy (non-hydrogen) atoms. The predicted molar refractivity (Wildman–Crippen MR) is 78.7 cm³/mol. The third-order valence-corrected chi connectivity index (χ3v) is 3.86.